The summed E-state index contributed by atoms with van der Waals surface area (Å²) in [6.45, 7) is 6.52. The molecule has 0 unspecified atom stereocenters. The Morgan fingerprint density at radius 2 is 2.00 bits per heavy atom. The summed E-state index contributed by atoms with van der Waals surface area (Å²) in [5.74, 6) is 0.581. The third kappa shape index (κ3) is 2.98. The van der Waals surface area contributed by atoms with Gasteiger partial charge in [-0.1, -0.05) is 6.92 Å². The van der Waals surface area contributed by atoms with Crippen LogP contribution >= 0.6 is 0 Å². The number of nitrogens with zero attached hydrogens (tertiary/aromatic N) is 2. The second kappa shape index (κ2) is 5.93. The number of nitrogens with two attached hydrogens (primary N) is 1. The zero-order valence-electron chi connectivity index (χ0n) is 11.6. The first-order valence-corrected chi connectivity index (χ1v) is 6.61. The predicted molar refractivity (Wildman–Crippen MR) is 75.4 cm³/mol. The average Bonchev–Trinajstić information content (AvgIpc) is 2.46. The van der Waals surface area contributed by atoms with Crippen LogP contribution in [-0.2, 0) is 0 Å². The number of anilines is 1. The van der Waals surface area contributed by atoms with Gasteiger partial charge in [0.2, 0.25) is 0 Å². The van der Waals surface area contributed by atoms with Crippen LogP contribution in [0.25, 0.3) is 0 Å². The molecule has 5 heteroatoms. The largest absolute Gasteiger partial charge is 0.496 e. The molecule has 1 saturated heterocycles. The van der Waals surface area contributed by atoms with E-state index in [0.29, 0.717) is 17.0 Å². The van der Waals surface area contributed by atoms with E-state index in [9.17, 15) is 4.79 Å². The van der Waals surface area contributed by atoms with Crippen molar-refractivity contribution in [3.8, 4) is 5.75 Å². The Bertz CT molecular complexity index is 454. The van der Waals surface area contributed by atoms with Crippen molar-refractivity contribution < 1.29 is 9.53 Å². The van der Waals surface area contributed by atoms with E-state index < -0.39 is 0 Å². The van der Waals surface area contributed by atoms with Crippen LogP contribution < -0.4 is 10.5 Å². The quantitative estimate of drug-likeness (QED) is 0.828. The lowest BCUT2D eigenvalue weighted by atomic mass is 10.1. The fraction of sp³-hybridized carbons (Fsp3) is 0.500. The summed E-state index contributed by atoms with van der Waals surface area (Å²) in [4.78, 5) is 16.7. The molecule has 19 heavy (non-hydrogen) atoms. The summed E-state index contributed by atoms with van der Waals surface area (Å²) in [7, 11) is 1.57. The molecule has 0 spiro atoms. The smallest absolute Gasteiger partial charge is 0.257 e. The van der Waals surface area contributed by atoms with Crippen molar-refractivity contribution >= 4 is 11.6 Å². The van der Waals surface area contributed by atoms with Crippen molar-refractivity contribution in [3.63, 3.8) is 0 Å². The Morgan fingerprint density at radius 3 is 2.58 bits per heavy atom. The molecule has 1 aromatic carbocycles. The highest BCUT2D eigenvalue weighted by molar-refractivity contribution is 5.97. The van der Waals surface area contributed by atoms with Crippen LogP contribution in [0.1, 0.15) is 17.3 Å². The topological polar surface area (TPSA) is 58.8 Å². The minimum atomic E-state index is -0.0000898. The molecule has 0 aromatic heterocycles. The van der Waals surface area contributed by atoms with Gasteiger partial charge in [0.25, 0.3) is 5.91 Å². The molecule has 1 aliphatic heterocycles. The molecule has 0 bridgehead atoms. The molecular weight excluding hydrogens is 242 g/mol. The maximum absolute atomic E-state index is 12.5. The van der Waals surface area contributed by atoms with Crippen molar-refractivity contribution in [2.75, 3.05) is 45.6 Å². The van der Waals surface area contributed by atoms with Crippen LogP contribution in [0.5, 0.6) is 5.75 Å². The Labute approximate surface area is 113 Å². The lowest BCUT2D eigenvalue weighted by molar-refractivity contribution is 0.0640. The number of benzene rings is 1. The molecule has 2 N–H and O–H groups in total. The molecule has 2 rings (SSSR count). The first-order valence-electron chi connectivity index (χ1n) is 6.61. The number of carbonyl (C=O) groups is 1. The number of carbonyl (C=O) groups excluding carboxylic acids is 1. The number of methoxy groups -OCH3 is 1. The van der Waals surface area contributed by atoms with E-state index in [1.807, 2.05) is 4.90 Å². The second-order valence-electron chi connectivity index (χ2n) is 4.69. The Balaban J connectivity index is 2.14. The zero-order valence-corrected chi connectivity index (χ0v) is 11.6. The van der Waals surface area contributed by atoms with Crippen LogP contribution in [0, 0.1) is 0 Å². The first kappa shape index (κ1) is 13.7. The number of hydrogen-bond donors (Lipinski definition) is 1. The number of amides is 1. The molecule has 104 valence electrons. The van der Waals surface area contributed by atoms with Gasteiger partial charge < -0.3 is 20.3 Å². The molecule has 1 heterocycles. The van der Waals surface area contributed by atoms with Crippen molar-refractivity contribution in [1.82, 2.24) is 9.80 Å². The van der Waals surface area contributed by atoms with E-state index in [-0.39, 0.29) is 5.91 Å². The maximum Gasteiger partial charge on any atom is 0.257 e. The Kier molecular flexibility index (Phi) is 4.27. The number of piperazine rings is 1. The van der Waals surface area contributed by atoms with Gasteiger partial charge in [0.1, 0.15) is 5.75 Å². The van der Waals surface area contributed by atoms with Gasteiger partial charge in [0.15, 0.2) is 0 Å². The molecule has 5 nitrogen and oxygen atoms in total. The van der Waals surface area contributed by atoms with E-state index in [1.165, 1.54) is 0 Å². The van der Waals surface area contributed by atoms with Crippen LogP contribution in [0.3, 0.4) is 0 Å². The molecule has 0 saturated carbocycles. The molecular formula is C14H21N3O2. The molecule has 1 amide bonds. The van der Waals surface area contributed by atoms with Crippen LogP contribution in [0.2, 0.25) is 0 Å². The van der Waals surface area contributed by atoms with E-state index in [1.54, 1.807) is 25.3 Å². The third-order valence-electron chi connectivity index (χ3n) is 3.56. The number of ether oxygens (including phenoxy) is 1. The second-order valence-corrected chi connectivity index (χ2v) is 4.69. The molecule has 1 aromatic rings. The van der Waals surface area contributed by atoms with Crippen molar-refractivity contribution in [2.45, 2.75) is 6.92 Å². The molecule has 1 aliphatic rings. The van der Waals surface area contributed by atoms with Gasteiger partial charge in [0, 0.05) is 31.9 Å². The third-order valence-corrected chi connectivity index (χ3v) is 3.56. The highest BCUT2D eigenvalue weighted by Crippen LogP contribution is 2.23. The number of rotatable bonds is 3. The standard InChI is InChI=1S/C14H21N3O2/c1-3-16-6-8-17(9-7-16)14(18)12-10-11(15)4-5-13(12)19-2/h4-5,10H,3,6-9,15H2,1-2H3. The Hall–Kier alpha value is -1.75. The fourth-order valence-electron chi connectivity index (χ4n) is 2.33. The van der Waals surface area contributed by atoms with Gasteiger partial charge in [-0.3, -0.25) is 4.79 Å². The van der Waals surface area contributed by atoms with Gasteiger partial charge in [-0.25, -0.2) is 0 Å². The predicted octanol–water partition coefficient (Wildman–Crippen LogP) is 1.06. The van der Waals surface area contributed by atoms with Crippen molar-refractivity contribution in [1.29, 1.82) is 0 Å². The maximum atomic E-state index is 12.5. The van der Waals surface area contributed by atoms with Crippen molar-refractivity contribution in [2.24, 2.45) is 0 Å². The number of likely N-dealkylation sites (N-methyl/N-ethyl adjacent to an activating group) is 1. The van der Waals surface area contributed by atoms with Gasteiger partial charge in [-0.05, 0) is 24.7 Å². The molecule has 0 aliphatic carbocycles. The van der Waals surface area contributed by atoms with Gasteiger partial charge in [-0.2, -0.15) is 0 Å². The number of hydrogen-bond acceptors (Lipinski definition) is 4. The molecule has 0 radical (unpaired) electrons. The van der Waals surface area contributed by atoms with E-state index in [2.05, 4.69) is 11.8 Å². The summed E-state index contributed by atoms with van der Waals surface area (Å²) in [5, 5.41) is 0. The van der Waals surface area contributed by atoms with Crippen LogP contribution in [0.15, 0.2) is 18.2 Å². The first-order chi connectivity index (χ1) is 9.15. The highest BCUT2D eigenvalue weighted by atomic mass is 16.5. The van der Waals surface area contributed by atoms with Crippen LogP contribution in [0.4, 0.5) is 5.69 Å². The normalized spacial score (nSPS) is 16.4. The minimum Gasteiger partial charge on any atom is -0.496 e. The van der Waals surface area contributed by atoms with E-state index in [0.717, 1.165) is 32.7 Å². The summed E-state index contributed by atoms with van der Waals surface area (Å²) in [6.07, 6.45) is 0. The number of nitrogen functional groups attached to an aromatic ring is 1. The fourth-order valence-corrected chi connectivity index (χ4v) is 2.33. The molecule has 0 atom stereocenters. The summed E-state index contributed by atoms with van der Waals surface area (Å²) < 4.78 is 5.24. The average molecular weight is 263 g/mol. The summed E-state index contributed by atoms with van der Waals surface area (Å²) >= 11 is 0. The zero-order chi connectivity index (χ0) is 13.8. The minimum absolute atomic E-state index is 0.0000898. The summed E-state index contributed by atoms with van der Waals surface area (Å²) in [6, 6.07) is 5.17. The van der Waals surface area contributed by atoms with Crippen molar-refractivity contribution in [3.05, 3.63) is 23.8 Å². The van der Waals surface area contributed by atoms with Gasteiger partial charge >= 0.3 is 0 Å². The van der Waals surface area contributed by atoms with Gasteiger partial charge in [-0.15, -0.1) is 0 Å². The summed E-state index contributed by atoms with van der Waals surface area (Å²) in [5.41, 5.74) is 6.89. The lowest BCUT2D eigenvalue weighted by Gasteiger charge is -2.34. The van der Waals surface area contributed by atoms with E-state index in [4.69, 9.17) is 10.5 Å². The Morgan fingerprint density at radius 1 is 1.32 bits per heavy atom. The lowest BCUT2D eigenvalue weighted by Crippen LogP contribution is -2.48. The van der Waals surface area contributed by atoms with Crippen LogP contribution in [-0.4, -0.2) is 55.5 Å². The SMILES string of the molecule is CCN1CCN(C(=O)c2cc(N)ccc2OC)CC1. The van der Waals surface area contributed by atoms with E-state index >= 15 is 0 Å². The van der Waals surface area contributed by atoms with Gasteiger partial charge in [0.05, 0.1) is 12.7 Å². The monoisotopic (exact) mass is 263 g/mol. The highest BCUT2D eigenvalue weighted by Gasteiger charge is 2.23. The molecule has 1 fully saturated rings.